The van der Waals surface area contributed by atoms with Gasteiger partial charge in [-0.15, -0.1) is 10.2 Å². The molecule has 1 amide bonds. The van der Waals surface area contributed by atoms with Crippen molar-refractivity contribution >= 4 is 58.1 Å². The molecule has 4 rings (SSSR count). The van der Waals surface area contributed by atoms with Crippen LogP contribution in [-0.4, -0.2) is 27.6 Å². The Morgan fingerprint density at radius 1 is 0.912 bits per heavy atom. The summed E-state index contributed by atoms with van der Waals surface area (Å²) >= 11 is 10.4. The number of aromatic nitrogens is 2. The molecule has 0 fully saturated rings. The van der Waals surface area contributed by atoms with E-state index in [0.29, 0.717) is 0 Å². The Balaban J connectivity index is 1.23. The first-order valence-electron chi connectivity index (χ1n) is 10.4. The van der Waals surface area contributed by atoms with Crippen LogP contribution in [0.5, 0.6) is 0 Å². The molecule has 0 saturated heterocycles. The molecule has 4 aromatic rings. The summed E-state index contributed by atoms with van der Waals surface area (Å²) in [7, 11) is 0. The van der Waals surface area contributed by atoms with Crippen molar-refractivity contribution in [3.63, 3.8) is 0 Å². The molecule has 172 valence electrons. The highest BCUT2D eigenvalue weighted by Gasteiger charge is 2.09. The molecule has 0 unspecified atom stereocenters. The van der Waals surface area contributed by atoms with Gasteiger partial charge < -0.3 is 0 Å². The molecule has 0 aliphatic rings. The summed E-state index contributed by atoms with van der Waals surface area (Å²) in [5.74, 6) is 0.827. The number of carbonyl (C=O) groups is 1. The van der Waals surface area contributed by atoms with E-state index in [1.54, 1.807) is 11.8 Å². The summed E-state index contributed by atoms with van der Waals surface area (Å²) in [6, 6.07) is 26.1. The van der Waals surface area contributed by atoms with Crippen molar-refractivity contribution in [3.05, 3.63) is 95.0 Å². The first-order valence-corrected chi connectivity index (χ1v) is 13.6. The van der Waals surface area contributed by atoms with Crippen molar-refractivity contribution < 1.29 is 4.79 Å². The van der Waals surface area contributed by atoms with Crippen molar-refractivity contribution in [1.82, 2.24) is 15.6 Å². The van der Waals surface area contributed by atoms with Crippen molar-refractivity contribution in [3.8, 4) is 11.1 Å². The molecule has 34 heavy (non-hydrogen) atoms. The third-order valence-corrected chi connectivity index (χ3v) is 8.26. The number of carbonyl (C=O) groups excluding carboxylic acids is 1. The lowest BCUT2D eigenvalue weighted by atomic mass is 10.0. The van der Waals surface area contributed by atoms with Crippen LogP contribution >= 0.6 is 46.5 Å². The average molecular weight is 525 g/mol. The number of hydrogen-bond donors (Lipinski definition) is 1. The Bertz CT molecular complexity index is 1260. The molecule has 0 spiro atoms. The Kier molecular flexibility index (Phi) is 8.76. The summed E-state index contributed by atoms with van der Waals surface area (Å²) in [4.78, 5) is 12.2. The van der Waals surface area contributed by atoms with Gasteiger partial charge in [-0.25, -0.2) is 5.43 Å². The molecule has 0 saturated carbocycles. The van der Waals surface area contributed by atoms with E-state index in [-0.39, 0.29) is 11.7 Å². The fourth-order valence-electron chi connectivity index (χ4n) is 2.94. The molecule has 0 aliphatic heterocycles. The zero-order valence-electron chi connectivity index (χ0n) is 18.3. The van der Waals surface area contributed by atoms with Gasteiger partial charge >= 0.3 is 0 Å². The van der Waals surface area contributed by atoms with E-state index in [0.717, 1.165) is 41.9 Å². The molecule has 0 radical (unpaired) electrons. The van der Waals surface area contributed by atoms with Gasteiger partial charge in [0.2, 0.25) is 0 Å². The highest BCUT2D eigenvalue weighted by molar-refractivity contribution is 8.03. The second-order valence-corrected chi connectivity index (χ2v) is 11.1. The highest BCUT2D eigenvalue weighted by Crippen LogP contribution is 2.30. The van der Waals surface area contributed by atoms with E-state index in [1.165, 1.54) is 28.7 Å². The summed E-state index contributed by atoms with van der Waals surface area (Å²) in [5, 5.41) is 13.3. The summed E-state index contributed by atoms with van der Waals surface area (Å²) in [6.45, 7) is 1.87. The van der Waals surface area contributed by atoms with Gasteiger partial charge in [-0.1, -0.05) is 113 Å². The van der Waals surface area contributed by atoms with Crippen LogP contribution in [0.1, 0.15) is 18.1 Å². The molecule has 9 heteroatoms. The SMILES string of the molecule is C/C(=N/NC(=O)CSc1nnc(SCc2ccc(Cl)cc2)s1)c1ccc(-c2ccccc2)cc1. The molecular weight excluding hydrogens is 504 g/mol. The van der Waals surface area contributed by atoms with E-state index in [9.17, 15) is 4.79 Å². The summed E-state index contributed by atoms with van der Waals surface area (Å²) < 4.78 is 1.62. The number of halogens is 1. The van der Waals surface area contributed by atoms with E-state index < -0.39 is 0 Å². The van der Waals surface area contributed by atoms with Gasteiger partial charge in [0.25, 0.3) is 5.91 Å². The lowest BCUT2D eigenvalue weighted by Gasteiger charge is -2.05. The fourth-order valence-corrected chi connectivity index (χ4v) is 5.84. The maximum absolute atomic E-state index is 12.2. The van der Waals surface area contributed by atoms with Gasteiger partial charge in [-0.2, -0.15) is 5.10 Å². The minimum absolute atomic E-state index is 0.184. The third kappa shape index (κ3) is 7.17. The molecule has 1 heterocycles. The minimum atomic E-state index is -0.184. The van der Waals surface area contributed by atoms with E-state index in [4.69, 9.17) is 11.6 Å². The van der Waals surface area contributed by atoms with Crippen LogP contribution in [0.2, 0.25) is 5.02 Å². The maximum Gasteiger partial charge on any atom is 0.250 e. The zero-order chi connectivity index (χ0) is 23.8. The molecule has 0 atom stereocenters. The smallest absolute Gasteiger partial charge is 0.250 e. The quantitative estimate of drug-likeness (QED) is 0.148. The van der Waals surface area contributed by atoms with Crippen LogP contribution in [0, 0.1) is 0 Å². The molecule has 1 aromatic heterocycles. The molecular formula is C25H21ClN4OS3. The van der Waals surface area contributed by atoms with Gasteiger partial charge in [0.15, 0.2) is 8.68 Å². The van der Waals surface area contributed by atoms with E-state index in [1.807, 2.05) is 61.5 Å². The topological polar surface area (TPSA) is 67.2 Å². The maximum atomic E-state index is 12.2. The van der Waals surface area contributed by atoms with Gasteiger partial charge in [0.05, 0.1) is 11.5 Å². The van der Waals surface area contributed by atoms with Gasteiger partial charge in [0, 0.05) is 10.8 Å². The number of hydrazone groups is 1. The number of thioether (sulfide) groups is 2. The lowest BCUT2D eigenvalue weighted by molar-refractivity contribution is -0.118. The van der Waals surface area contributed by atoms with Crippen molar-refractivity contribution in [1.29, 1.82) is 0 Å². The number of amides is 1. The normalized spacial score (nSPS) is 11.4. The predicted octanol–water partition coefficient (Wildman–Crippen LogP) is 6.78. The largest absolute Gasteiger partial charge is 0.272 e. The monoisotopic (exact) mass is 524 g/mol. The van der Waals surface area contributed by atoms with Crippen LogP contribution in [0.4, 0.5) is 0 Å². The summed E-state index contributed by atoms with van der Waals surface area (Å²) in [5.41, 5.74) is 7.80. The highest BCUT2D eigenvalue weighted by atomic mass is 35.5. The van der Waals surface area contributed by atoms with E-state index in [2.05, 4.69) is 45.0 Å². The standard InChI is InChI=1S/C25H21ClN4OS3/c1-17(19-9-11-21(12-10-19)20-5-3-2-4-6-20)27-28-23(31)16-33-25-30-29-24(34-25)32-15-18-7-13-22(26)14-8-18/h2-14H,15-16H2,1H3,(H,28,31)/b27-17-. The summed E-state index contributed by atoms with van der Waals surface area (Å²) in [6.07, 6.45) is 0. The van der Waals surface area contributed by atoms with Crippen LogP contribution < -0.4 is 5.43 Å². The van der Waals surface area contributed by atoms with Gasteiger partial charge in [-0.05, 0) is 41.3 Å². The third-order valence-electron chi connectivity index (χ3n) is 4.75. The minimum Gasteiger partial charge on any atom is -0.272 e. The lowest BCUT2D eigenvalue weighted by Crippen LogP contribution is -2.21. The Morgan fingerprint density at radius 2 is 1.56 bits per heavy atom. The Labute approximate surface area is 216 Å². The number of nitrogens with one attached hydrogen (secondary N) is 1. The molecule has 3 aromatic carbocycles. The molecule has 5 nitrogen and oxygen atoms in total. The Morgan fingerprint density at radius 3 is 2.26 bits per heavy atom. The first kappa shape index (κ1) is 24.5. The van der Waals surface area contributed by atoms with Crippen molar-refractivity contribution in [2.45, 2.75) is 21.4 Å². The van der Waals surface area contributed by atoms with E-state index >= 15 is 0 Å². The van der Waals surface area contributed by atoms with Gasteiger partial charge in [-0.3, -0.25) is 4.79 Å². The van der Waals surface area contributed by atoms with Crippen LogP contribution in [-0.2, 0) is 10.5 Å². The number of nitrogens with zero attached hydrogens (tertiary/aromatic N) is 3. The predicted molar refractivity (Wildman–Crippen MR) is 144 cm³/mol. The number of benzene rings is 3. The molecule has 0 bridgehead atoms. The van der Waals surface area contributed by atoms with Crippen LogP contribution in [0.15, 0.2) is 92.6 Å². The molecule has 1 N–H and O–H groups in total. The second kappa shape index (κ2) is 12.2. The van der Waals surface area contributed by atoms with Crippen molar-refractivity contribution in [2.75, 3.05) is 5.75 Å². The zero-order valence-corrected chi connectivity index (χ0v) is 21.5. The first-order chi connectivity index (χ1) is 16.6. The molecule has 0 aliphatic carbocycles. The number of hydrogen-bond acceptors (Lipinski definition) is 7. The fraction of sp³-hybridized carbons (Fsp3) is 0.120. The van der Waals surface area contributed by atoms with Crippen LogP contribution in [0.25, 0.3) is 11.1 Å². The average Bonchev–Trinajstić information content (AvgIpc) is 3.34. The number of rotatable bonds is 9. The Hall–Kier alpha value is -2.65. The van der Waals surface area contributed by atoms with Crippen molar-refractivity contribution in [2.24, 2.45) is 5.10 Å². The second-order valence-electron chi connectivity index (χ2n) is 7.21. The van der Waals surface area contributed by atoms with Crippen LogP contribution in [0.3, 0.4) is 0 Å². The van der Waals surface area contributed by atoms with Gasteiger partial charge in [0.1, 0.15) is 0 Å².